The fourth-order valence-electron chi connectivity index (χ4n) is 2.70. The molecule has 26 heavy (non-hydrogen) atoms. The van der Waals surface area contributed by atoms with E-state index in [1.54, 1.807) is 13.3 Å². The lowest BCUT2D eigenvalue weighted by molar-refractivity contribution is 0.0544. The van der Waals surface area contributed by atoms with Crippen molar-refractivity contribution in [2.45, 2.75) is 33.0 Å². The average Bonchev–Trinajstić information content (AvgIpc) is 3.03. The molecule has 2 aromatic carbocycles. The number of methoxy groups -OCH3 is 1. The molecule has 0 saturated carbocycles. The quantitative estimate of drug-likeness (QED) is 0.661. The summed E-state index contributed by atoms with van der Waals surface area (Å²) in [6.07, 6.45) is 1.26. The zero-order valence-corrected chi connectivity index (χ0v) is 15.5. The molecule has 0 radical (unpaired) electrons. The molecule has 1 heterocycles. The largest absolute Gasteiger partial charge is 0.492 e. The standard InChI is InChI=1S/C21H23NO4/c1-21(2,3)26-20(23)22-13-12-16-17(22)10-11-18(19(16)24-4)25-14-15-8-6-5-7-9-15/h5-13H,14H2,1-4H3. The molecular weight excluding hydrogens is 330 g/mol. The van der Waals surface area contributed by atoms with Crippen molar-refractivity contribution >= 4 is 17.0 Å². The van der Waals surface area contributed by atoms with Gasteiger partial charge in [-0.1, -0.05) is 30.3 Å². The van der Waals surface area contributed by atoms with Gasteiger partial charge in [-0.05, 0) is 44.5 Å². The molecule has 0 aliphatic rings. The Balaban J connectivity index is 1.90. The van der Waals surface area contributed by atoms with Crippen LogP contribution in [0.3, 0.4) is 0 Å². The summed E-state index contributed by atoms with van der Waals surface area (Å²) in [5.41, 5.74) is 1.22. The second-order valence-electron chi connectivity index (χ2n) is 6.97. The summed E-state index contributed by atoms with van der Waals surface area (Å²) < 4.78 is 18.4. The van der Waals surface area contributed by atoms with Gasteiger partial charge in [0.25, 0.3) is 0 Å². The van der Waals surface area contributed by atoms with Gasteiger partial charge in [0.2, 0.25) is 0 Å². The monoisotopic (exact) mass is 353 g/mol. The Morgan fingerprint density at radius 3 is 2.42 bits per heavy atom. The lowest BCUT2D eigenvalue weighted by Gasteiger charge is -2.20. The molecule has 136 valence electrons. The summed E-state index contributed by atoms with van der Waals surface area (Å²) in [5, 5.41) is 0.795. The number of carbonyl (C=O) groups excluding carboxylic acids is 1. The van der Waals surface area contributed by atoms with Crippen molar-refractivity contribution in [3.63, 3.8) is 0 Å². The molecule has 0 atom stereocenters. The Kier molecular flexibility index (Phi) is 4.89. The summed E-state index contributed by atoms with van der Waals surface area (Å²) in [5.74, 6) is 1.23. The van der Waals surface area contributed by atoms with Gasteiger partial charge >= 0.3 is 6.09 Å². The lowest BCUT2D eigenvalue weighted by atomic mass is 10.2. The number of fused-ring (bicyclic) bond motifs is 1. The number of carbonyl (C=O) groups is 1. The van der Waals surface area contributed by atoms with Gasteiger partial charge in [0, 0.05) is 11.6 Å². The fraction of sp³-hybridized carbons (Fsp3) is 0.286. The normalized spacial score (nSPS) is 11.4. The van der Waals surface area contributed by atoms with Gasteiger partial charge in [0.05, 0.1) is 12.6 Å². The smallest absolute Gasteiger partial charge is 0.418 e. The van der Waals surface area contributed by atoms with Crippen LogP contribution in [0.1, 0.15) is 26.3 Å². The molecule has 0 saturated heterocycles. The predicted molar refractivity (Wildman–Crippen MR) is 101 cm³/mol. The number of hydrogen-bond donors (Lipinski definition) is 0. The van der Waals surface area contributed by atoms with Crippen LogP contribution >= 0.6 is 0 Å². The SMILES string of the molecule is COc1c(OCc2ccccc2)ccc2c1ccn2C(=O)OC(C)(C)C. The second-order valence-corrected chi connectivity index (χ2v) is 6.97. The molecular formula is C21H23NO4. The summed E-state index contributed by atoms with van der Waals surface area (Å²) in [7, 11) is 1.59. The van der Waals surface area contributed by atoms with Gasteiger partial charge < -0.3 is 14.2 Å². The highest BCUT2D eigenvalue weighted by Crippen LogP contribution is 2.36. The minimum Gasteiger partial charge on any atom is -0.492 e. The van der Waals surface area contributed by atoms with E-state index in [0.717, 1.165) is 10.9 Å². The highest BCUT2D eigenvalue weighted by atomic mass is 16.6. The van der Waals surface area contributed by atoms with Crippen molar-refractivity contribution in [1.82, 2.24) is 4.57 Å². The van der Waals surface area contributed by atoms with Crippen LogP contribution in [-0.4, -0.2) is 23.4 Å². The van der Waals surface area contributed by atoms with Crippen LogP contribution < -0.4 is 9.47 Å². The Labute approximate surface area is 153 Å². The minimum absolute atomic E-state index is 0.424. The zero-order valence-electron chi connectivity index (χ0n) is 15.5. The Bertz CT molecular complexity index is 907. The molecule has 1 aromatic heterocycles. The van der Waals surface area contributed by atoms with Crippen LogP contribution in [0.2, 0.25) is 0 Å². The average molecular weight is 353 g/mol. The molecule has 3 rings (SSSR count). The van der Waals surface area contributed by atoms with Crippen LogP contribution in [0.25, 0.3) is 10.9 Å². The molecule has 0 bridgehead atoms. The molecule has 5 nitrogen and oxygen atoms in total. The third kappa shape index (κ3) is 3.82. The molecule has 0 unspecified atom stereocenters. The van der Waals surface area contributed by atoms with E-state index in [2.05, 4.69) is 0 Å². The molecule has 0 N–H and O–H groups in total. The van der Waals surface area contributed by atoms with Gasteiger partial charge in [-0.2, -0.15) is 0 Å². The molecule has 0 spiro atoms. The summed E-state index contributed by atoms with van der Waals surface area (Å²) in [6, 6.07) is 15.4. The first-order chi connectivity index (χ1) is 12.4. The van der Waals surface area contributed by atoms with Crippen molar-refractivity contribution in [1.29, 1.82) is 0 Å². The Morgan fingerprint density at radius 1 is 1.04 bits per heavy atom. The number of rotatable bonds is 4. The fourth-order valence-corrected chi connectivity index (χ4v) is 2.70. The maximum absolute atomic E-state index is 12.4. The van der Waals surface area contributed by atoms with Gasteiger partial charge in [0.15, 0.2) is 11.5 Å². The number of ether oxygens (including phenoxy) is 3. The van der Waals surface area contributed by atoms with Crippen molar-refractivity contribution in [2.75, 3.05) is 7.11 Å². The topological polar surface area (TPSA) is 49.7 Å². The van der Waals surface area contributed by atoms with E-state index in [1.165, 1.54) is 4.57 Å². The van der Waals surface area contributed by atoms with E-state index < -0.39 is 11.7 Å². The first-order valence-corrected chi connectivity index (χ1v) is 8.47. The maximum Gasteiger partial charge on any atom is 0.418 e. The van der Waals surface area contributed by atoms with E-state index in [0.29, 0.717) is 23.6 Å². The van der Waals surface area contributed by atoms with Crippen LogP contribution in [0.4, 0.5) is 4.79 Å². The molecule has 0 fully saturated rings. The maximum atomic E-state index is 12.4. The van der Waals surface area contributed by atoms with Gasteiger partial charge in [0.1, 0.15) is 12.2 Å². The van der Waals surface area contributed by atoms with Crippen molar-refractivity contribution in [3.8, 4) is 11.5 Å². The van der Waals surface area contributed by atoms with E-state index >= 15 is 0 Å². The third-order valence-electron chi connectivity index (χ3n) is 3.82. The third-order valence-corrected chi connectivity index (χ3v) is 3.82. The molecule has 3 aromatic rings. The Hall–Kier alpha value is -2.95. The minimum atomic E-state index is -0.559. The van der Waals surface area contributed by atoms with Crippen LogP contribution in [0.5, 0.6) is 11.5 Å². The molecule has 0 aliphatic carbocycles. The second kappa shape index (κ2) is 7.12. The summed E-state index contributed by atoms with van der Waals surface area (Å²) in [6.45, 7) is 5.96. The molecule has 0 amide bonds. The molecule has 0 aliphatic heterocycles. The number of benzene rings is 2. The number of nitrogens with zero attached hydrogens (tertiary/aromatic N) is 1. The van der Waals surface area contributed by atoms with Gasteiger partial charge in [-0.15, -0.1) is 0 Å². The Morgan fingerprint density at radius 2 is 1.77 bits per heavy atom. The van der Waals surface area contributed by atoms with Crippen molar-refractivity contribution in [3.05, 3.63) is 60.3 Å². The summed E-state index contributed by atoms with van der Waals surface area (Å²) in [4.78, 5) is 12.4. The zero-order chi connectivity index (χ0) is 18.7. The van der Waals surface area contributed by atoms with Crippen molar-refractivity contribution < 1.29 is 19.0 Å². The lowest BCUT2D eigenvalue weighted by Crippen LogP contribution is -2.26. The van der Waals surface area contributed by atoms with Crippen LogP contribution in [-0.2, 0) is 11.3 Å². The summed E-state index contributed by atoms with van der Waals surface area (Å²) >= 11 is 0. The van der Waals surface area contributed by atoms with E-state index in [1.807, 2.05) is 69.3 Å². The van der Waals surface area contributed by atoms with Crippen molar-refractivity contribution in [2.24, 2.45) is 0 Å². The predicted octanol–water partition coefficient (Wildman–Crippen LogP) is 5.01. The van der Waals surface area contributed by atoms with Crippen LogP contribution in [0.15, 0.2) is 54.7 Å². The highest BCUT2D eigenvalue weighted by Gasteiger charge is 2.21. The first kappa shape index (κ1) is 17.9. The van der Waals surface area contributed by atoms with E-state index in [4.69, 9.17) is 14.2 Å². The number of hydrogen-bond acceptors (Lipinski definition) is 4. The molecule has 5 heteroatoms. The van der Waals surface area contributed by atoms with Gasteiger partial charge in [-0.3, -0.25) is 4.57 Å². The van der Waals surface area contributed by atoms with E-state index in [9.17, 15) is 4.79 Å². The van der Waals surface area contributed by atoms with Gasteiger partial charge in [-0.25, -0.2) is 4.79 Å². The van der Waals surface area contributed by atoms with Crippen LogP contribution in [0, 0.1) is 0 Å². The first-order valence-electron chi connectivity index (χ1n) is 8.47. The highest BCUT2D eigenvalue weighted by molar-refractivity contribution is 5.94. The number of aromatic nitrogens is 1. The van der Waals surface area contributed by atoms with E-state index in [-0.39, 0.29) is 0 Å².